The molecule has 0 spiro atoms. The Labute approximate surface area is 149 Å². The first kappa shape index (κ1) is 19.8. The van der Waals surface area contributed by atoms with Crippen molar-refractivity contribution in [3.63, 3.8) is 0 Å². The quantitative estimate of drug-likeness (QED) is 0.758. The molecule has 0 atom stereocenters. The average Bonchev–Trinajstić information content (AvgIpc) is 2.61. The van der Waals surface area contributed by atoms with Crippen LogP contribution in [0.5, 0.6) is 0 Å². The molecule has 1 aromatic carbocycles. The number of nitrogens with zero attached hydrogens (tertiary/aromatic N) is 3. The number of rotatable bonds is 6. The molecule has 1 heterocycles. The number of carbonyl (C=O) groups is 1. The Balaban J connectivity index is 1.98. The second-order valence-corrected chi connectivity index (χ2v) is 8.43. The standard InChI is InChI=1S/C17H26FN3O3S/c1-4-21-11-9-15(10-12-21)20(3)17(22)13-19(2)25(23,24)16-7-5-14(18)6-8-16/h5-8,15H,4,9-13H2,1-3H3. The number of benzene rings is 1. The molecule has 2 rings (SSSR count). The number of hydrogen-bond acceptors (Lipinski definition) is 4. The molecule has 1 aliphatic rings. The second kappa shape index (κ2) is 8.25. The maximum atomic E-state index is 13.0. The minimum absolute atomic E-state index is 0.0249. The van der Waals surface area contributed by atoms with Crippen molar-refractivity contribution in [1.29, 1.82) is 0 Å². The average molecular weight is 371 g/mol. The Morgan fingerprint density at radius 2 is 1.76 bits per heavy atom. The Morgan fingerprint density at radius 3 is 2.28 bits per heavy atom. The van der Waals surface area contributed by atoms with Gasteiger partial charge < -0.3 is 9.80 Å². The van der Waals surface area contributed by atoms with Gasteiger partial charge in [0.2, 0.25) is 15.9 Å². The van der Waals surface area contributed by atoms with E-state index in [1.165, 1.54) is 19.2 Å². The highest BCUT2D eigenvalue weighted by molar-refractivity contribution is 7.89. The molecule has 0 bridgehead atoms. The van der Waals surface area contributed by atoms with Crippen LogP contribution in [0.15, 0.2) is 29.2 Å². The molecule has 6 nitrogen and oxygen atoms in total. The van der Waals surface area contributed by atoms with Crippen LogP contribution in [0.25, 0.3) is 0 Å². The van der Waals surface area contributed by atoms with E-state index in [9.17, 15) is 17.6 Å². The van der Waals surface area contributed by atoms with Gasteiger partial charge in [0, 0.05) is 33.2 Å². The van der Waals surface area contributed by atoms with E-state index in [0.29, 0.717) is 0 Å². The molecular weight excluding hydrogens is 345 g/mol. The molecule has 0 N–H and O–H groups in total. The smallest absolute Gasteiger partial charge is 0.243 e. The molecule has 1 saturated heterocycles. The minimum Gasteiger partial charge on any atom is -0.342 e. The molecule has 1 amide bonds. The first-order chi connectivity index (χ1) is 11.8. The fourth-order valence-corrected chi connectivity index (χ4v) is 4.12. The Hall–Kier alpha value is -1.51. The van der Waals surface area contributed by atoms with Crippen LogP contribution < -0.4 is 0 Å². The van der Waals surface area contributed by atoms with Crippen LogP contribution in [-0.2, 0) is 14.8 Å². The zero-order valence-electron chi connectivity index (χ0n) is 15.0. The second-order valence-electron chi connectivity index (χ2n) is 6.39. The van der Waals surface area contributed by atoms with Gasteiger partial charge in [-0.1, -0.05) is 6.92 Å². The van der Waals surface area contributed by atoms with E-state index in [1.54, 1.807) is 11.9 Å². The topological polar surface area (TPSA) is 60.9 Å². The van der Waals surface area contributed by atoms with Crippen molar-refractivity contribution in [2.75, 3.05) is 40.3 Å². The molecule has 0 unspecified atom stereocenters. The summed E-state index contributed by atoms with van der Waals surface area (Å²) in [5, 5.41) is 0. The zero-order valence-corrected chi connectivity index (χ0v) is 15.8. The fraction of sp³-hybridized carbons (Fsp3) is 0.588. The van der Waals surface area contributed by atoms with Crippen LogP contribution in [0.2, 0.25) is 0 Å². The van der Waals surface area contributed by atoms with Crippen molar-refractivity contribution in [1.82, 2.24) is 14.1 Å². The predicted octanol–water partition coefficient (Wildman–Crippen LogP) is 1.39. The number of halogens is 1. The van der Waals surface area contributed by atoms with Gasteiger partial charge in [-0.05, 0) is 43.7 Å². The lowest BCUT2D eigenvalue weighted by molar-refractivity contribution is -0.132. The van der Waals surface area contributed by atoms with Gasteiger partial charge >= 0.3 is 0 Å². The number of piperidine rings is 1. The number of sulfonamides is 1. The predicted molar refractivity (Wildman–Crippen MR) is 94.1 cm³/mol. The molecule has 0 radical (unpaired) electrons. The minimum atomic E-state index is -3.82. The van der Waals surface area contributed by atoms with E-state index < -0.39 is 15.8 Å². The first-order valence-electron chi connectivity index (χ1n) is 8.45. The molecule has 0 aliphatic carbocycles. The molecule has 1 aromatic rings. The lowest BCUT2D eigenvalue weighted by Crippen LogP contribution is -2.48. The normalized spacial score (nSPS) is 17.0. The maximum Gasteiger partial charge on any atom is 0.243 e. The third-order valence-electron chi connectivity index (χ3n) is 4.83. The molecule has 140 valence electrons. The van der Waals surface area contributed by atoms with Gasteiger partial charge in [0.25, 0.3) is 0 Å². The van der Waals surface area contributed by atoms with E-state index in [0.717, 1.165) is 48.9 Å². The van der Waals surface area contributed by atoms with Crippen molar-refractivity contribution >= 4 is 15.9 Å². The molecule has 25 heavy (non-hydrogen) atoms. The summed E-state index contributed by atoms with van der Waals surface area (Å²) in [7, 11) is -0.723. The molecular formula is C17H26FN3O3S. The van der Waals surface area contributed by atoms with Crippen molar-refractivity contribution in [3.8, 4) is 0 Å². The Kier molecular flexibility index (Phi) is 6.53. The SMILES string of the molecule is CCN1CCC(N(C)C(=O)CN(C)S(=O)(=O)c2ccc(F)cc2)CC1. The van der Waals surface area contributed by atoms with Gasteiger partial charge in [-0.25, -0.2) is 12.8 Å². The summed E-state index contributed by atoms with van der Waals surface area (Å²) in [4.78, 5) is 16.4. The highest BCUT2D eigenvalue weighted by atomic mass is 32.2. The van der Waals surface area contributed by atoms with Crippen molar-refractivity contribution < 1.29 is 17.6 Å². The summed E-state index contributed by atoms with van der Waals surface area (Å²) in [5.74, 6) is -0.737. The lowest BCUT2D eigenvalue weighted by Gasteiger charge is -2.36. The zero-order chi connectivity index (χ0) is 18.6. The summed E-state index contributed by atoms with van der Waals surface area (Å²) >= 11 is 0. The Morgan fingerprint density at radius 1 is 1.20 bits per heavy atom. The number of amides is 1. The van der Waals surface area contributed by atoms with Crippen molar-refractivity contribution in [2.45, 2.75) is 30.7 Å². The Bertz CT molecular complexity index is 686. The van der Waals surface area contributed by atoms with Crippen molar-refractivity contribution in [2.24, 2.45) is 0 Å². The molecule has 0 aromatic heterocycles. The number of hydrogen-bond donors (Lipinski definition) is 0. The van der Waals surface area contributed by atoms with Gasteiger partial charge in [0.15, 0.2) is 0 Å². The van der Waals surface area contributed by atoms with Crippen LogP contribution in [0, 0.1) is 5.82 Å². The molecule has 0 saturated carbocycles. The van der Waals surface area contributed by atoms with Crippen LogP contribution in [0.3, 0.4) is 0 Å². The van der Waals surface area contributed by atoms with Crippen LogP contribution in [-0.4, -0.2) is 74.7 Å². The number of likely N-dealkylation sites (N-methyl/N-ethyl adjacent to an activating group) is 2. The van der Waals surface area contributed by atoms with Gasteiger partial charge in [-0.15, -0.1) is 0 Å². The summed E-state index contributed by atoms with van der Waals surface area (Å²) in [6.07, 6.45) is 1.79. The highest BCUT2D eigenvalue weighted by Crippen LogP contribution is 2.18. The third-order valence-corrected chi connectivity index (χ3v) is 6.64. The maximum absolute atomic E-state index is 13.0. The van der Waals surface area contributed by atoms with Gasteiger partial charge in [-0.3, -0.25) is 4.79 Å². The summed E-state index contributed by atoms with van der Waals surface area (Å²) < 4.78 is 39.0. The largest absolute Gasteiger partial charge is 0.342 e. The van der Waals surface area contributed by atoms with Gasteiger partial charge in [-0.2, -0.15) is 4.31 Å². The summed E-state index contributed by atoms with van der Waals surface area (Å²) in [6.45, 7) is 4.78. The van der Waals surface area contributed by atoms with E-state index in [1.807, 2.05) is 0 Å². The van der Waals surface area contributed by atoms with Crippen LogP contribution in [0.1, 0.15) is 19.8 Å². The van der Waals surface area contributed by atoms with E-state index >= 15 is 0 Å². The van der Waals surface area contributed by atoms with Gasteiger partial charge in [0.1, 0.15) is 5.82 Å². The van der Waals surface area contributed by atoms with E-state index in [2.05, 4.69) is 11.8 Å². The highest BCUT2D eigenvalue weighted by Gasteiger charge is 2.28. The summed E-state index contributed by atoms with van der Waals surface area (Å²) in [5.41, 5.74) is 0. The van der Waals surface area contributed by atoms with Crippen molar-refractivity contribution in [3.05, 3.63) is 30.1 Å². The number of carbonyl (C=O) groups excluding carboxylic acids is 1. The fourth-order valence-electron chi connectivity index (χ4n) is 3.00. The first-order valence-corrected chi connectivity index (χ1v) is 9.89. The number of likely N-dealkylation sites (tertiary alicyclic amines) is 1. The van der Waals surface area contributed by atoms with E-state index in [-0.39, 0.29) is 23.4 Å². The van der Waals surface area contributed by atoms with Crippen LogP contribution >= 0.6 is 0 Å². The summed E-state index contributed by atoms with van der Waals surface area (Å²) in [6, 6.07) is 4.73. The molecule has 8 heteroatoms. The third kappa shape index (κ3) is 4.77. The monoisotopic (exact) mass is 371 g/mol. The molecule has 1 fully saturated rings. The van der Waals surface area contributed by atoms with Crippen LogP contribution in [0.4, 0.5) is 4.39 Å². The van der Waals surface area contributed by atoms with Gasteiger partial charge in [0.05, 0.1) is 11.4 Å². The van der Waals surface area contributed by atoms with E-state index in [4.69, 9.17) is 0 Å². The lowest BCUT2D eigenvalue weighted by atomic mass is 10.0. The molecule has 1 aliphatic heterocycles.